The summed E-state index contributed by atoms with van der Waals surface area (Å²) < 4.78 is 5.75. The minimum atomic E-state index is -0.307. The van der Waals surface area contributed by atoms with Crippen molar-refractivity contribution < 1.29 is 14.3 Å². The minimum Gasteiger partial charge on any atom is -0.373 e. The quantitative estimate of drug-likeness (QED) is 0.825. The number of benzene rings is 2. The van der Waals surface area contributed by atoms with Crippen LogP contribution >= 0.6 is 0 Å². The fraction of sp³-hybridized carbons (Fsp3) is 0.364. The van der Waals surface area contributed by atoms with Crippen molar-refractivity contribution in [2.75, 3.05) is 18.4 Å². The van der Waals surface area contributed by atoms with E-state index in [1.54, 1.807) is 30.3 Å². The monoisotopic (exact) mass is 366 g/mol. The van der Waals surface area contributed by atoms with Gasteiger partial charge >= 0.3 is 0 Å². The molecule has 1 fully saturated rings. The second-order valence-corrected chi connectivity index (χ2v) is 7.12. The average molecular weight is 366 g/mol. The molecule has 5 nitrogen and oxygen atoms in total. The van der Waals surface area contributed by atoms with E-state index in [1.165, 1.54) is 0 Å². The van der Waals surface area contributed by atoms with Crippen molar-refractivity contribution in [1.82, 2.24) is 4.90 Å². The van der Waals surface area contributed by atoms with E-state index in [0.29, 0.717) is 29.9 Å². The summed E-state index contributed by atoms with van der Waals surface area (Å²) in [4.78, 5) is 27.8. The molecule has 0 spiro atoms. The summed E-state index contributed by atoms with van der Waals surface area (Å²) in [5.41, 5.74) is 1.63. The predicted molar refractivity (Wildman–Crippen MR) is 106 cm³/mol. The Morgan fingerprint density at radius 2 is 1.59 bits per heavy atom. The Bertz CT molecular complexity index is 796. The van der Waals surface area contributed by atoms with Crippen LogP contribution in [0.5, 0.6) is 0 Å². The molecule has 3 rings (SSSR count). The molecule has 0 saturated carbocycles. The molecule has 1 aliphatic rings. The number of carbonyl (C=O) groups is 2. The van der Waals surface area contributed by atoms with Crippen LogP contribution in [0.15, 0.2) is 54.6 Å². The molecule has 0 aliphatic carbocycles. The molecule has 5 heteroatoms. The van der Waals surface area contributed by atoms with Crippen LogP contribution in [0.2, 0.25) is 0 Å². The number of ether oxygens (including phenoxy) is 1. The summed E-state index contributed by atoms with van der Waals surface area (Å²) in [6.07, 6.45) is 0.187. The standard InChI is InChI=1S/C22H26N2O3/c1-15-13-24(14-16(2)27-15)17(3)22(26)23-20-12-8-7-11-19(20)21(25)18-9-5-4-6-10-18/h4-12,15-17H,13-14H2,1-3H3,(H,23,26)/t15-,16-,17+/m1/s1. The highest BCUT2D eigenvalue weighted by molar-refractivity contribution is 6.14. The molecule has 1 N–H and O–H groups in total. The minimum absolute atomic E-state index is 0.0935. The SMILES string of the molecule is C[C@@H]1CN([C@@H](C)C(=O)Nc2ccccc2C(=O)c2ccccc2)C[C@@H](C)O1. The average Bonchev–Trinajstić information content (AvgIpc) is 2.67. The third-order valence-electron chi connectivity index (χ3n) is 4.84. The number of nitrogens with zero attached hydrogens (tertiary/aromatic N) is 1. The molecule has 0 bridgehead atoms. The number of amides is 1. The van der Waals surface area contributed by atoms with Gasteiger partial charge in [0.05, 0.1) is 23.9 Å². The van der Waals surface area contributed by atoms with Gasteiger partial charge in [-0.2, -0.15) is 0 Å². The zero-order valence-corrected chi connectivity index (χ0v) is 16.0. The Morgan fingerprint density at radius 1 is 1.00 bits per heavy atom. The van der Waals surface area contributed by atoms with Crippen LogP contribution in [-0.4, -0.2) is 47.9 Å². The molecule has 2 aromatic carbocycles. The van der Waals surface area contributed by atoms with E-state index in [-0.39, 0.29) is 29.9 Å². The summed E-state index contributed by atoms with van der Waals surface area (Å²) in [5, 5.41) is 2.95. The number of hydrogen-bond acceptors (Lipinski definition) is 4. The Morgan fingerprint density at radius 3 is 2.26 bits per heavy atom. The first-order valence-corrected chi connectivity index (χ1v) is 9.35. The van der Waals surface area contributed by atoms with Gasteiger partial charge in [-0.1, -0.05) is 42.5 Å². The fourth-order valence-electron chi connectivity index (χ4n) is 3.47. The number of carbonyl (C=O) groups excluding carboxylic acids is 2. The van der Waals surface area contributed by atoms with E-state index in [0.717, 1.165) is 0 Å². The third-order valence-corrected chi connectivity index (χ3v) is 4.84. The largest absolute Gasteiger partial charge is 0.373 e. The van der Waals surface area contributed by atoms with Crippen LogP contribution < -0.4 is 5.32 Å². The number of morpholine rings is 1. The number of ketones is 1. The second-order valence-electron chi connectivity index (χ2n) is 7.12. The summed E-state index contributed by atoms with van der Waals surface area (Å²) in [7, 11) is 0. The molecule has 0 aromatic heterocycles. The normalized spacial score (nSPS) is 21.4. The smallest absolute Gasteiger partial charge is 0.241 e. The van der Waals surface area contributed by atoms with E-state index in [1.807, 2.05) is 45.0 Å². The topological polar surface area (TPSA) is 58.6 Å². The highest BCUT2D eigenvalue weighted by atomic mass is 16.5. The first kappa shape index (κ1) is 19.3. The zero-order chi connectivity index (χ0) is 19.4. The Labute approximate surface area is 160 Å². The van der Waals surface area contributed by atoms with Crippen molar-refractivity contribution in [3.8, 4) is 0 Å². The summed E-state index contributed by atoms with van der Waals surface area (Å²) in [6, 6.07) is 15.9. The van der Waals surface area contributed by atoms with Gasteiger partial charge in [-0.3, -0.25) is 14.5 Å². The van der Waals surface area contributed by atoms with Gasteiger partial charge in [-0.15, -0.1) is 0 Å². The van der Waals surface area contributed by atoms with Crippen molar-refractivity contribution >= 4 is 17.4 Å². The van der Waals surface area contributed by atoms with Gasteiger partial charge in [0, 0.05) is 24.2 Å². The van der Waals surface area contributed by atoms with Crippen molar-refractivity contribution in [2.24, 2.45) is 0 Å². The lowest BCUT2D eigenvalue weighted by Crippen LogP contribution is -2.52. The number of rotatable bonds is 5. The van der Waals surface area contributed by atoms with Crippen LogP contribution in [0.3, 0.4) is 0 Å². The number of nitrogens with one attached hydrogen (secondary N) is 1. The van der Waals surface area contributed by atoms with Gasteiger partial charge in [0.1, 0.15) is 0 Å². The Balaban J connectivity index is 1.76. The van der Waals surface area contributed by atoms with Gasteiger partial charge in [0.15, 0.2) is 5.78 Å². The van der Waals surface area contributed by atoms with Crippen molar-refractivity contribution in [1.29, 1.82) is 0 Å². The van der Waals surface area contributed by atoms with Crippen molar-refractivity contribution in [3.63, 3.8) is 0 Å². The summed E-state index contributed by atoms with van der Waals surface area (Å²) in [5.74, 6) is -0.225. The van der Waals surface area contributed by atoms with Crippen LogP contribution in [0.25, 0.3) is 0 Å². The Hall–Kier alpha value is -2.50. The molecular formula is C22H26N2O3. The highest BCUT2D eigenvalue weighted by Crippen LogP contribution is 2.21. The van der Waals surface area contributed by atoms with Crippen LogP contribution in [-0.2, 0) is 9.53 Å². The van der Waals surface area contributed by atoms with Crippen molar-refractivity contribution in [3.05, 3.63) is 65.7 Å². The fourth-order valence-corrected chi connectivity index (χ4v) is 3.47. The zero-order valence-electron chi connectivity index (χ0n) is 16.0. The number of para-hydroxylation sites is 1. The molecular weight excluding hydrogens is 340 g/mol. The van der Waals surface area contributed by atoms with Gasteiger partial charge in [0.25, 0.3) is 0 Å². The highest BCUT2D eigenvalue weighted by Gasteiger charge is 2.29. The summed E-state index contributed by atoms with van der Waals surface area (Å²) in [6.45, 7) is 7.34. The van der Waals surface area contributed by atoms with Gasteiger partial charge < -0.3 is 10.1 Å². The lowest BCUT2D eigenvalue weighted by molar-refractivity contribution is -0.126. The van der Waals surface area contributed by atoms with E-state index >= 15 is 0 Å². The van der Waals surface area contributed by atoms with E-state index < -0.39 is 0 Å². The summed E-state index contributed by atoms with van der Waals surface area (Å²) >= 11 is 0. The molecule has 1 heterocycles. The molecule has 1 saturated heterocycles. The van der Waals surface area contributed by atoms with Crippen LogP contribution in [0.1, 0.15) is 36.7 Å². The van der Waals surface area contributed by atoms with Crippen molar-refractivity contribution in [2.45, 2.75) is 39.0 Å². The maximum absolute atomic E-state index is 12.8. The van der Waals surface area contributed by atoms with E-state index in [9.17, 15) is 9.59 Å². The molecule has 2 aromatic rings. The predicted octanol–water partition coefficient (Wildman–Crippen LogP) is 3.35. The molecule has 27 heavy (non-hydrogen) atoms. The van der Waals surface area contributed by atoms with Gasteiger partial charge in [-0.05, 0) is 32.9 Å². The lowest BCUT2D eigenvalue weighted by Gasteiger charge is -2.38. The lowest BCUT2D eigenvalue weighted by atomic mass is 10.0. The molecule has 1 aliphatic heterocycles. The molecule has 0 unspecified atom stereocenters. The molecule has 3 atom stereocenters. The van der Waals surface area contributed by atoms with Gasteiger partial charge in [0.2, 0.25) is 5.91 Å². The maximum Gasteiger partial charge on any atom is 0.241 e. The molecule has 0 radical (unpaired) electrons. The molecule has 1 amide bonds. The Kier molecular flexibility index (Phi) is 6.04. The number of hydrogen-bond donors (Lipinski definition) is 1. The van der Waals surface area contributed by atoms with Crippen LogP contribution in [0, 0.1) is 0 Å². The third kappa shape index (κ3) is 4.62. The molecule has 142 valence electrons. The maximum atomic E-state index is 12.8. The van der Waals surface area contributed by atoms with E-state index in [2.05, 4.69) is 10.2 Å². The van der Waals surface area contributed by atoms with Crippen LogP contribution in [0.4, 0.5) is 5.69 Å². The van der Waals surface area contributed by atoms with Gasteiger partial charge in [-0.25, -0.2) is 0 Å². The van der Waals surface area contributed by atoms with E-state index in [4.69, 9.17) is 4.74 Å². The number of anilines is 1. The second kappa shape index (κ2) is 8.46. The first-order valence-electron chi connectivity index (χ1n) is 9.35. The first-order chi connectivity index (χ1) is 13.0.